The summed E-state index contributed by atoms with van der Waals surface area (Å²) in [5, 5.41) is 5.77. The van der Waals surface area contributed by atoms with E-state index in [4.69, 9.17) is 5.10 Å². The summed E-state index contributed by atoms with van der Waals surface area (Å²) in [4.78, 5) is 16.9. The fourth-order valence-corrected chi connectivity index (χ4v) is 4.77. The Kier molecular flexibility index (Phi) is 4.12. The number of hydrogen-bond donors (Lipinski definition) is 0. The Morgan fingerprint density at radius 2 is 2.08 bits per heavy atom. The molecular formula is C20H23N3OS. The lowest BCUT2D eigenvalue weighted by Gasteiger charge is -2.33. The van der Waals surface area contributed by atoms with Gasteiger partial charge in [0.15, 0.2) is 0 Å². The molecule has 1 saturated heterocycles. The van der Waals surface area contributed by atoms with Crippen LogP contribution in [0.2, 0.25) is 0 Å². The monoisotopic (exact) mass is 353 g/mol. The minimum absolute atomic E-state index is 0.170. The van der Waals surface area contributed by atoms with Gasteiger partial charge in [0.05, 0.1) is 16.3 Å². The highest BCUT2D eigenvalue weighted by molar-refractivity contribution is 7.20. The zero-order valence-electron chi connectivity index (χ0n) is 15.0. The van der Waals surface area contributed by atoms with Crippen molar-refractivity contribution in [1.29, 1.82) is 0 Å². The number of piperidine rings is 1. The number of hydrogen-bond acceptors (Lipinski definition) is 3. The molecular weight excluding hydrogens is 330 g/mol. The van der Waals surface area contributed by atoms with Crippen LogP contribution in [0.25, 0.3) is 15.9 Å². The van der Waals surface area contributed by atoms with Crippen LogP contribution in [0, 0.1) is 13.8 Å². The van der Waals surface area contributed by atoms with Crippen LogP contribution < -0.4 is 0 Å². The molecule has 0 radical (unpaired) electrons. The maximum atomic E-state index is 13.0. The van der Waals surface area contributed by atoms with Crippen molar-refractivity contribution in [2.75, 3.05) is 6.54 Å². The number of aromatic nitrogens is 2. The topological polar surface area (TPSA) is 38.1 Å². The largest absolute Gasteiger partial charge is 0.335 e. The average Bonchev–Trinajstić information content (AvgIpc) is 3.16. The molecule has 1 aliphatic heterocycles. The average molecular weight is 353 g/mol. The summed E-state index contributed by atoms with van der Waals surface area (Å²) < 4.78 is 1.97. The Morgan fingerprint density at radius 3 is 2.84 bits per heavy atom. The second kappa shape index (κ2) is 6.30. The maximum Gasteiger partial charge on any atom is 0.264 e. The van der Waals surface area contributed by atoms with E-state index in [-0.39, 0.29) is 5.91 Å². The van der Waals surface area contributed by atoms with Crippen LogP contribution >= 0.6 is 11.3 Å². The molecule has 5 heteroatoms. The van der Waals surface area contributed by atoms with E-state index in [2.05, 4.69) is 32.0 Å². The van der Waals surface area contributed by atoms with Crippen molar-refractivity contribution in [3.63, 3.8) is 0 Å². The standard InChI is InChI=1S/C20H23N3OS/c1-13-7-6-9-16(11-13)23-20-17(15(3)21-23)12-18(25-20)19(24)22-10-5-4-8-14(22)2/h6-7,9,11-12,14H,4-5,8,10H2,1-3H3/t14-/m1/s1. The Morgan fingerprint density at radius 1 is 1.24 bits per heavy atom. The second-order valence-corrected chi connectivity index (χ2v) is 8.04. The van der Waals surface area contributed by atoms with Gasteiger partial charge in [0.2, 0.25) is 0 Å². The predicted molar refractivity (Wildman–Crippen MR) is 103 cm³/mol. The number of amides is 1. The molecule has 0 saturated carbocycles. The Labute approximate surface area is 152 Å². The molecule has 1 aromatic carbocycles. The number of carbonyl (C=O) groups excluding carboxylic acids is 1. The summed E-state index contributed by atoms with van der Waals surface area (Å²) in [5.74, 6) is 0.170. The van der Waals surface area contributed by atoms with Crippen LogP contribution in [0.5, 0.6) is 0 Å². The van der Waals surface area contributed by atoms with Gasteiger partial charge in [0.1, 0.15) is 4.83 Å². The van der Waals surface area contributed by atoms with Crippen LogP contribution in [0.1, 0.15) is 47.1 Å². The van der Waals surface area contributed by atoms with Crippen LogP contribution in [-0.4, -0.2) is 33.2 Å². The first-order valence-electron chi connectivity index (χ1n) is 8.92. The normalized spacial score (nSPS) is 18.0. The second-order valence-electron chi connectivity index (χ2n) is 7.01. The lowest BCUT2D eigenvalue weighted by atomic mass is 10.0. The third-order valence-corrected chi connectivity index (χ3v) is 6.16. The van der Waals surface area contributed by atoms with E-state index in [9.17, 15) is 4.79 Å². The molecule has 1 aliphatic rings. The third-order valence-electron chi connectivity index (χ3n) is 5.07. The molecule has 3 heterocycles. The van der Waals surface area contributed by atoms with E-state index in [0.29, 0.717) is 6.04 Å². The zero-order chi connectivity index (χ0) is 17.6. The first kappa shape index (κ1) is 16.3. The number of carbonyl (C=O) groups is 1. The number of rotatable bonds is 2. The minimum atomic E-state index is 0.170. The van der Waals surface area contributed by atoms with Crippen molar-refractivity contribution in [2.24, 2.45) is 0 Å². The lowest BCUT2D eigenvalue weighted by molar-refractivity contribution is 0.0641. The number of aryl methyl sites for hydroxylation is 2. The Bertz CT molecular complexity index is 940. The molecule has 130 valence electrons. The summed E-state index contributed by atoms with van der Waals surface area (Å²) in [6.07, 6.45) is 3.43. The number of fused-ring (bicyclic) bond motifs is 1. The van der Waals surface area contributed by atoms with E-state index in [1.165, 1.54) is 12.0 Å². The number of likely N-dealkylation sites (tertiary alicyclic amines) is 1. The van der Waals surface area contributed by atoms with Gasteiger partial charge in [0, 0.05) is 18.0 Å². The highest BCUT2D eigenvalue weighted by atomic mass is 32.1. The van der Waals surface area contributed by atoms with Gasteiger partial charge < -0.3 is 4.90 Å². The molecule has 0 aliphatic carbocycles. The first-order chi connectivity index (χ1) is 12.0. The van der Waals surface area contributed by atoms with Crippen LogP contribution in [-0.2, 0) is 0 Å². The lowest BCUT2D eigenvalue weighted by Crippen LogP contribution is -2.41. The number of benzene rings is 1. The molecule has 4 nitrogen and oxygen atoms in total. The van der Waals surface area contributed by atoms with Crippen LogP contribution in [0.3, 0.4) is 0 Å². The van der Waals surface area contributed by atoms with Gasteiger partial charge in [-0.15, -0.1) is 11.3 Å². The summed E-state index contributed by atoms with van der Waals surface area (Å²) >= 11 is 1.56. The minimum Gasteiger partial charge on any atom is -0.335 e. The highest BCUT2D eigenvalue weighted by Gasteiger charge is 2.26. The molecule has 0 spiro atoms. The van der Waals surface area contributed by atoms with Crippen molar-refractivity contribution >= 4 is 27.5 Å². The fraction of sp³-hybridized carbons (Fsp3) is 0.400. The molecule has 0 bridgehead atoms. The Hall–Kier alpha value is -2.14. The molecule has 0 unspecified atom stereocenters. The quantitative estimate of drug-likeness (QED) is 0.669. The van der Waals surface area contributed by atoms with Crippen molar-refractivity contribution in [3.05, 3.63) is 46.5 Å². The molecule has 4 rings (SSSR count). The van der Waals surface area contributed by atoms with Crippen LogP contribution in [0.15, 0.2) is 30.3 Å². The molecule has 0 N–H and O–H groups in total. The van der Waals surface area contributed by atoms with Gasteiger partial charge in [0.25, 0.3) is 5.91 Å². The highest BCUT2D eigenvalue weighted by Crippen LogP contribution is 2.32. The predicted octanol–water partition coefficient (Wildman–Crippen LogP) is 4.72. The molecule has 1 atom stereocenters. The molecule has 1 fully saturated rings. The smallest absolute Gasteiger partial charge is 0.264 e. The van der Waals surface area contributed by atoms with Gasteiger partial charge in [-0.1, -0.05) is 12.1 Å². The van der Waals surface area contributed by atoms with E-state index < -0.39 is 0 Å². The van der Waals surface area contributed by atoms with Gasteiger partial charge in [-0.3, -0.25) is 4.79 Å². The number of nitrogens with zero attached hydrogens (tertiary/aromatic N) is 3. The van der Waals surface area contributed by atoms with Gasteiger partial charge in [-0.2, -0.15) is 5.10 Å². The maximum absolute atomic E-state index is 13.0. The van der Waals surface area contributed by atoms with Crippen molar-refractivity contribution in [2.45, 2.75) is 46.1 Å². The van der Waals surface area contributed by atoms with Gasteiger partial charge >= 0.3 is 0 Å². The van der Waals surface area contributed by atoms with E-state index in [1.54, 1.807) is 11.3 Å². The van der Waals surface area contributed by atoms with E-state index in [0.717, 1.165) is 45.9 Å². The van der Waals surface area contributed by atoms with Gasteiger partial charge in [-0.25, -0.2) is 4.68 Å². The fourth-order valence-electron chi connectivity index (χ4n) is 3.63. The molecule has 25 heavy (non-hydrogen) atoms. The molecule has 1 amide bonds. The zero-order valence-corrected chi connectivity index (χ0v) is 15.8. The number of thiophene rings is 1. The molecule has 2 aromatic heterocycles. The molecule has 3 aromatic rings. The SMILES string of the molecule is Cc1cccc(-n2nc(C)c3cc(C(=O)N4CCCC[C@H]4C)sc32)c1. The Balaban J connectivity index is 1.75. The van der Waals surface area contributed by atoms with Crippen molar-refractivity contribution in [1.82, 2.24) is 14.7 Å². The summed E-state index contributed by atoms with van der Waals surface area (Å²) in [7, 11) is 0. The summed E-state index contributed by atoms with van der Waals surface area (Å²) in [6, 6.07) is 10.7. The van der Waals surface area contributed by atoms with Crippen molar-refractivity contribution in [3.8, 4) is 5.69 Å². The van der Waals surface area contributed by atoms with Crippen LogP contribution in [0.4, 0.5) is 0 Å². The van der Waals surface area contributed by atoms with E-state index >= 15 is 0 Å². The van der Waals surface area contributed by atoms with E-state index in [1.807, 2.05) is 28.6 Å². The van der Waals surface area contributed by atoms with Crippen molar-refractivity contribution < 1.29 is 4.79 Å². The summed E-state index contributed by atoms with van der Waals surface area (Å²) in [5.41, 5.74) is 3.22. The van der Waals surface area contributed by atoms with Gasteiger partial charge in [-0.05, 0) is 63.8 Å². The first-order valence-corrected chi connectivity index (χ1v) is 9.73. The third kappa shape index (κ3) is 2.86. The summed E-state index contributed by atoms with van der Waals surface area (Å²) in [6.45, 7) is 7.12.